The number of aliphatic hydroxyl groups excluding tert-OH is 1. The summed E-state index contributed by atoms with van der Waals surface area (Å²) in [6.07, 6.45) is -4.68. The summed E-state index contributed by atoms with van der Waals surface area (Å²) < 4.78 is 43.2. The second kappa shape index (κ2) is 23.5. The summed E-state index contributed by atoms with van der Waals surface area (Å²) in [4.78, 5) is 47.7. The molecule has 0 saturated carbocycles. The van der Waals surface area contributed by atoms with Crippen LogP contribution in [0.15, 0.2) is 72.9 Å². The van der Waals surface area contributed by atoms with Gasteiger partial charge in [0.05, 0.1) is 32.9 Å². The highest BCUT2D eigenvalue weighted by Gasteiger charge is 2.20. The molecule has 0 aromatic heterocycles. The van der Waals surface area contributed by atoms with E-state index < -0.39 is 42.6 Å². The fraction of sp³-hybridized carbons (Fsp3) is 0.471. The number of carbonyl (C=O) groups is 4. The van der Waals surface area contributed by atoms with Gasteiger partial charge in [0.1, 0.15) is 37.9 Å². The third-order valence-corrected chi connectivity index (χ3v) is 5.64. The predicted molar refractivity (Wildman–Crippen MR) is 178 cm³/mol. The van der Waals surface area contributed by atoms with Crippen LogP contribution in [0.2, 0.25) is 0 Å². The Morgan fingerprint density at radius 1 is 0.735 bits per heavy atom. The zero-order valence-corrected chi connectivity index (χ0v) is 28.6. The van der Waals surface area contributed by atoms with Crippen molar-refractivity contribution in [1.82, 2.24) is 10.6 Å². The zero-order valence-electron chi connectivity index (χ0n) is 28.6. The van der Waals surface area contributed by atoms with Gasteiger partial charge in [-0.05, 0) is 45.4 Å². The van der Waals surface area contributed by atoms with Crippen molar-refractivity contribution in [1.29, 1.82) is 0 Å². The number of benzene rings is 1. The molecule has 0 fully saturated rings. The van der Waals surface area contributed by atoms with Crippen molar-refractivity contribution < 1.29 is 62.2 Å². The Balaban J connectivity index is 2.77. The van der Waals surface area contributed by atoms with Crippen LogP contribution in [0.5, 0.6) is 11.5 Å². The van der Waals surface area contributed by atoms with E-state index in [0.29, 0.717) is 17.1 Å². The fourth-order valence-corrected chi connectivity index (χ4v) is 3.20. The van der Waals surface area contributed by atoms with E-state index in [1.807, 2.05) is 0 Å². The Morgan fingerprint density at radius 3 is 1.63 bits per heavy atom. The van der Waals surface area contributed by atoms with Crippen LogP contribution in [-0.4, -0.2) is 107 Å². The van der Waals surface area contributed by atoms with Crippen molar-refractivity contribution in [3.63, 3.8) is 0 Å². The number of esters is 2. The predicted octanol–water partition coefficient (Wildman–Crippen LogP) is 3.38. The number of alkyl carbamates (subject to hydrolysis) is 2. The maximum atomic E-state index is 12.4. The van der Waals surface area contributed by atoms with Crippen molar-refractivity contribution in [2.24, 2.45) is 0 Å². The topological polar surface area (TPSA) is 186 Å². The van der Waals surface area contributed by atoms with Crippen molar-refractivity contribution in [2.75, 3.05) is 59.3 Å². The number of carbonyl (C=O) groups excluding carboxylic acids is 4. The minimum atomic E-state index is -1.29. The summed E-state index contributed by atoms with van der Waals surface area (Å²) in [6, 6.07) is 6.52. The molecule has 3 atom stereocenters. The first kappa shape index (κ1) is 42.2. The van der Waals surface area contributed by atoms with Gasteiger partial charge in [0, 0.05) is 17.2 Å². The first-order valence-electron chi connectivity index (χ1n) is 15.2. The number of aliphatic hydroxyl groups is 1. The van der Waals surface area contributed by atoms with Crippen LogP contribution in [0.3, 0.4) is 0 Å². The lowest BCUT2D eigenvalue weighted by Crippen LogP contribution is -2.37. The molecular formula is C34H48N2O13. The first-order valence-corrected chi connectivity index (χ1v) is 15.2. The Morgan fingerprint density at radius 2 is 1.20 bits per heavy atom. The van der Waals surface area contributed by atoms with Crippen molar-refractivity contribution in [3.8, 4) is 11.5 Å². The average Bonchev–Trinajstić information content (AvgIpc) is 3.04. The second-order valence-corrected chi connectivity index (χ2v) is 10.8. The van der Waals surface area contributed by atoms with Crippen LogP contribution in [0.4, 0.5) is 9.59 Å². The molecule has 0 aliphatic rings. The summed E-state index contributed by atoms with van der Waals surface area (Å²) in [5.74, 6) is -0.446. The lowest BCUT2D eigenvalue weighted by molar-refractivity contribution is -0.139. The Labute approximate surface area is 286 Å². The number of hydrogen-bond donors (Lipinski definition) is 3. The van der Waals surface area contributed by atoms with Gasteiger partial charge >= 0.3 is 24.1 Å². The lowest BCUT2D eigenvalue weighted by atomic mass is 10.3. The second-order valence-electron chi connectivity index (χ2n) is 10.8. The number of ether oxygens (including phenoxy) is 8. The van der Waals surface area contributed by atoms with Crippen LogP contribution >= 0.6 is 0 Å². The number of hydrogen-bond acceptors (Lipinski definition) is 13. The van der Waals surface area contributed by atoms with E-state index in [9.17, 15) is 24.3 Å². The summed E-state index contributed by atoms with van der Waals surface area (Å²) in [6.45, 7) is 20.4. The van der Waals surface area contributed by atoms with Gasteiger partial charge in [-0.15, -0.1) is 0 Å². The number of amides is 2. The highest BCUT2D eigenvalue weighted by molar-refractivity contribution is 5.87. The van der Waals surface area contributed by atoms with E-state index in [0.717, 1.165) is 5.57 Å². The van der Waals surface area contributed by atoms with Gasteiger partial charge in [0.15, 0.2) is 18.5 Å². The van der Waals surface area contributed by atoms with Gasteiger partial charge in [0.2, 0.25) is 0 Å². The molecule has 3 unspecified atom stereocenters. The standard InChI is InChI=1S/C34H48N2O13/c1-22(2)17-42-18-28(48-33(40)35-12-14-43-30(37)23(3)4)19-45-26-10-9-11-27(16-26)46-20-29(21-47-32(39)25(7)8)49-34(41)36-13-15-44-31(38)24(5)6/h9-11,16,28-29,32,39H,1,3,5,7,12-15,17-21H2,2,4,6,8H3,(H,35,40)(H,36,41). The van der Waals surface area contributed by atoms with E-state index in [-0.39, 0.29) is 70.5 Å². The van der Waals surface area contributed by atoms with Gasteiger partial charge in [-0.1, -0.05) is 38.0 Å². The smallest absolute Gasteiger partial charge is 0.407 e. The highest BCUT2D eigenvalue weighted by atomic mass is 16.6. The van der Waals surface area contributed by atoms with Crippen LogP contribution in [0, 0.1) is 0 Å². The van der Waals surface area contributed by atoms with Crippen molar-refractivity contribution in [3.05, 3.63) is 72.9 Å². The summed E-state index contributed by atoms with van der Waals surface area (Å²) in [7, 11) is 0. The molecule has 0 heterocycles. The third-order valence-electron chi connectivity index (χ3n) is 5.64. The first-order chi connectivity index (χ1) is 23.2. The largest absolute Gasteiger partial charge is 0.489 e. The van der Waals surface area contributed by atoms with Crippen molar-refractivity contribution in [2.45, 2.75) is 46.2 Å². The van der Waals surface area contributed by atoms with E-state index in [1.54, 1.807) is 38.1 Å². The molecule has 49 heavy (non-hydrogen) atoms. The van der Waals surface area contributed by atoms with Gasteiger partial charge in [0.25, 0.3) is 0 Å². The van der Waals surface area contributed by atoms with Gasteiger partial charge in [-0.25, -0.2) is 19.2 Å². The minimum absolute atomic E-state index is 0.00849. The van der Waals surface area contributed by atoms with E-state index in [2.05, 4.69) is 36.9 Å². The van der Waals surface area contributed by atoms with Gasteiger partial charge in [-0.2, -0.15) is 0 Å². The number of rotatable bonds is 24. The third kappa shape index (κ3) is 20.2. The quantitative estimate of drug-likeness (QED) is 0.0358. The molecule has 2 amide bonds. The minimum Gasteiger partial charge on any atom is -0.489 e. The summed E-state index contributed by atoms with van der Waals surface area (Å²) in [5.41, 5.74) is 1.59. The molecule has 15 nitrogen and oxygen atoms in total. The Bertz CT molecular complexity index is 1300. The molecule has 15 heteroatoms. The SMILES string of the molecule is C=C(C)COCC(COc1cccc(OCC(COC(O)C(=C)C)OC(=O)NCCOC(=O)C(=C)C)c1)OC(=O)NCCOC(=O)C(=C)C. The molecule has 0 aliphatic heterocycles. The van der Waals surface area contributed by atoms with Crippen molar-refractivity contribution >= 4 is 24.1 Å². The Hall–Kier alpha value is -4.86. The van der Waals surface area contributed by atoms with E-state index in [4.69, 9.17) is 37.9 Å². The van der Waals surface area contributed by atoms with Crippen LogP contribution in [-0.2, 0) is 38.0 Å². The molecule has 0 saturated heterocycles. The molecule has 272 valence electrons. The molecule has 0 spiro atoms. The molecule has 1 aromatic rings. The summed E-state index contributed by atoms with van der Waals surface area (Å²) in [5, 5.41) is 14.9. The summed E-state index contributed by atoms with van der Waals surface area (Å²) >= 11 is 0. The zero-order chi connectivity index (χ0) is 36.8. The molecule has 1 rings (SSSR count). The molecule has 1 aromatic carbocycles. The monoisotopic (exact) mass is 692 g/mol. The van der Waals surface area contributed by atoms with Crippen LogP contribution in [0.25, 0.3) is 0 Å². The maximum absolute atomic E-state index is 12.4. The van der Waals surface area contributed by atoms with E-state index >= 15 is 0 Å². The molecule has 0 bridgehead atoms. The highest BCUT2D eigenvalue weighted by Crippen LogP contribution is 2.20. The molecular weight excluding hydrogens is 644 g/mol. The molecule has 3 N–H and O–H groups in total. The normalized spacial score (nSPS) is 12.3. The van der Waals surface area contributed by atoms with Crippen LogP contribution < -0.4 is 20.1 Å². The molecule has 0 radical (unpaired) electrons. The lowest BCUT2D eigenvalue weighted by Gasteiger charge is -2.21. The fourth-order valence-electron chi connectivity index (χ4n) is 3.20. The van der Waals surface area contributed by atoms with Gasteiger partial charge in [-0.3, -0.25) is 0 Å². The van der Waals surface area contributed by atoms with E-state index in [1.165, 1.54) is 13.8 Å². The Kier molecular flexibility index (Phi) is 20.2. The van der Waals surface area contributed by atoms with Gasteiger partial charge < -0.3 is 53.6 Å². The maximum Gasteiger partial charge on any atom is 0.407 e. The molecule has 0 aliphatic carbocycles. The van der Waals surface area contributed by atoms with Crippen LogP contribution in [0.1, 0.15) is 27.7 Å². The number of nitrogens with one attached hydrogen (secondary N) is 2. The average molecular weight is 693 g/mol.